The largest absolute Gasteiger partial charge is 0.338 e. The first-order chi connectivity index (χ1) is 11.3. The van der Waals surface area contributed by atoms with Crippen LogP contribution in [-0.2, 0) is 9.59 Å². The quantitative estimate of drug-likeness (QED) is 0.585. The number of carbonyl (C=O) groups excluding carboxylic acids is 3. The minimum Gasteiger partial charge on any atom is -0.338 e. The van der Waals surface area contributed by atoms with Crippen LogP contribution < -0.4 is 15.1 Å². The molecule has 1 heterocycles. The van der Waals surface area contributed by atoms with Crippen molar-refractivity contribution in [3.8, 4) is 0 Å². The number of amides is 4. The molecule has 1 fully saturated rings. The Kier molecular flexibility index (Phi) is 5.69. The number of aliphatic imine (C=N–C) groups is 1. The number of hydrogen-bond donors (Lipinski definition) is 2. The molecule has 2 rings (SSSR count). The number of hydrogen-bond acceptors (Lipinski definition) is 4. The molecule has 1 unspecified atom stereocenters. The van der Waals surface area contributed by atoms with Crippen molar-refractivity contribution >= 4 is 40.8 Å². The van der Waals surface area contributed by atoms with Gasteiger partial charge in [-0.3, -0.25) is 19.9 Å². The minimum absolute atomic E-state index is 0.352. The summed E-state index contributed by atoms with van der Waals surface area (Å²) in [7, 11) is 3.98. The number of rotatable bonds is 5. The normalized spacial score (nSPS) is 19.0. The first-order valence-corrected chi connectivity index (χ1v) is 7.93. The topological polar surface area (TPSA) is 83.3 Å². The van der Waals surface area contributed by atoms with Crippen LogP contribution in [0.15, 0.2) is 29.3 Å². The number of carbonyl (C=O) groups is 3. The van der Waals surface area contributed by atoms with Crippen LogP contribution in [0.25, 0.3) is 0 Å². The predicted molar refractivity (Wildman–Crippen MR) is 91.6 cm³/mol. The lowest BCUT2D eigenvalue weighted by Crippen LogP contribution is -3.06. The number of halogens is 1. The number of quaternary nitrogens is 1. The summed E-state index contributed by atoms with van der Waals surface area (Å²) in [5, 5.41) is 2.70. The molecule has 1 aromatic rings. The molecule has 7 nitrogen and oxygen atoms in total. The standard InChI is InChI=1S/C16H19ClN4O3/c1-10(18-8-9-20(2)3)13-14(22)19-16(24)21(15(13)23)12-6-4-11(17)5-7-12/h4-7,13H,8-9H2,1-3H3,(H,19,22,24)/p+1. The molecule has 8 heteroatoms. The Labute approximate surface area is 145 Å². The number of nitrogens with one attached hydrogen (secondary N) is 2. The van der Waals surface area contributed by atoms with Crippen LogP contribution in [-0.4, -0.2) is 50.7 Å². The Morgan fingerprint density at radius 1 is 1.25 bits per heavy atom. The van der Waals surface area contributed by atoms with Crippen molar-refractivity contribution in [2.45, 2.75) is 6.92 Å². The van der Waals surface area contributed by atoms with Gasteiger partial charge in [0.15, 0.2) is 5.92 Å². The number of likely N-dealkylation sites (N-methyl/N-ethyl adjacent to an activating group) is 1. The Bertz CT molecular complexity index is 685. The summed E-state index contributed by atoms with van der Waals surface area (Å²) in [6.45, 7) is 2.91. The van der Waals surface area contributed by atoms with E-state index in [1.54, 1.807) is 31.2 Å². The Hall–Kier alpha value is -2.25. The molecule has 128 valence electrons. The zero-order valence-electron chi connectivity index (χ0n) is 13.8. The Morgan fingerprint density at radius 3 is 2.46 bits per heavy atom. The van der Waals surface area contributed by atoms with E-state index in [9.17, 15) is 14.4 Å². The van der Waals surface area contributed by atoms with Crippen molar-refractivity contribution in [2.24, 2.45) is 10.9 Å². The van der Waals surface area contributed by atoms with Crippen molar-refractivity contribution in [3.05, 3.63) is 29.3 Å². The third-order valence-electron chi connectivity index (χ3n) is 3.64. The summed E-state index contributed by atoms with van der Waals surface area (Å²) in [4.78, 5) is 43.3. The third kappa shape index (κ3) is 3.98. The van der Waals surface area contributed by atoms with Gasteiger partial charge < -0.3 is 4.90 Å². The van der Waals surface area contributed by atoms with Crippen molar-refractivity contribution in [1.29, 1.82) is 0 Å². The van der Waals surface area contributed by atoms with E-state index in [2.05, 4.69) is 10.3 Å². The van der Waals surface area contributed by atoms with Crippen molar-refractivity contribution < 1.29 is 19.3 Å². The Balaban J connectivity index is 2.26. The summed E-state index contributed by atoms with van der Waals surface area (Å²) in [6, 6.07) is 5.48. The molecule has 1 saturated heterocycles. The van der Waals surface area contributed by atoms with Crippen LogP contribution in [0.3, 0.4) is 0 Å². The van der Waals surface area contributed by atoms with Gasteiger partial charge in [-0.15, -0.1) is 0 Å². The van der Waals surface area contributed by atoms with Gasteiger partial charge >= 0.3 is 6.03 Å². The van der Waals surface area contributed by atoms with E-state index in [4.69, 9.17) is 11.6 Å². The second kappa shape index (κ2) is 7.55. The van der Waals surface area contributed by atoms with E-state index < -0.39 is 23.8 Å². The second-order valence-corrected chi connectivity index (χ2v) is 6.29. The zero-order chi connectivity index (χ0) is 17.9. The maximum atomic E-state index is 12.7. The lowest BCUT2D eigenvalue weighted by Gasteiger charge is -2.30. The molecular formula is C16H20ClN4O3+. The minimum atomic E-state index is -1.10. The monoisotopic (exact) mass is 351 g/mol. The number of nitrogens with zero attached hydrogens (tertiary/aromatic N) is 2. The summed E-state index contributed by atoms with van der Waals surface area (Å²) < 4.78 is 0. The molecule has 0 aromatic heterocycles. The van der Waals surface area contributed by atoms with Crippen LogP contribution >= 0.6 is 11.6 Å². The summed E-state index contributed by atoms with van der Waals surface area (Å²) in [5.74, 6) is -2.35. The molecule has 1 atom stereocenters. The van der Waals surface area contributed by atoms with Gasteiger partial charge in [-0.1, -0.05) is 11.6 Å². The van der Waals surface area contributed by atoms with Gasteiger partial charge in [0.2, 0.25) is 5.91 Å². The molecule has 0 aliphatic carbocycles. The number of urea groups is 1. The lowest BCUT2D eigenvalue weighted by molar-refractivity contribution is -0.856. The molecule has 0 radical (unpaired) electrons. The summed E-state index contributed by atoms with van der Waals surface area (Å²) in [5.41, 5.74) is 0.746. The number of anilines is 1. The highest BCUT2D eigenvalue weighted by atomic mass is 35.5. The van der Waals surface area contributed by atoms with Gasteiger partial charge in [-0.05, 0) is 31.2 Å². The first-order valence-electron chi connectivity index (χ1n) is 7.55. The average molecular weight is 352 g/mol. The highest BCUT2D eigenvalue weighted by molar-refractivity contribution is 6.35. The van der Waals surface area contributed by atoms with Crippen molar-refractivity contribution in [3.63, 3.8) is 0 Å². The second-order valence-electron chi connectivity index (χ2n) is 5.86. The van der Waals surface area contributed by atoms with Crippen LogP contribution in [0, 0.1) is 5.92 Å². The van der Waals surface area contributed by atoms with Gasteiger partial charge in [0.05, 0.1) is 32.9 Å². The van der Waals surface area contributed by atoms with Crippen LogP contribution in [0.2, 0.25) is 5.02 Å². The van der Waals surface area contributed by atoms with Crippen LogP contribution in [0.4, 0.5) is 10.5 Å². The van der Waals surface area contributed by atoms with E-state index in [-0.39, 0.29) is 0 Å². The molecule has 2 N–H and O–H groups in total. The molecule has 1 aliphatic rings. The van der Waals surface area contributed by atoms with Gasteiger partial charge in [0.1, 0.15) is 0 Å². The lowest BCUT2D eigenvalue weighted by atomic mass is 9.99. The molecule has 4 amide bonds. The van der Waals surface area contributed by atoms with E-state index in [0.717, 1.165) is 11.4 Å². The fourth-order valence-corrected chi connectivity index (χ4v) is 2.45. The third-order valence-corrected chi connectivity index (χ3v) is 3.89. The zero-order valence-corrected chi connectivity index (χ0v) is 14.6. The fraction of sp³-hybridized carbons (Fsp3) is 0.375. The van der Waals surface area contributed by atoms with E-state index >= 15 is 0 Å². The molecule has 1 aliphatic heterocycles. The molecule has 0 spiro atoms. The average Bonchev–Trinajstić information content (AvgIpc) is 2.48. The van der Waals surface area contributed by atoms with Gasteiger partial charge in [0.25, 0.3) is 5.91 Å². The predicted octanol–water partition coefficient (Wildman–Crippen LogP) is 0.144. The van der Waals surface area contributed by atoms with Crippen LogP contribution in [0.1, 0.15) is 6.92 Å². The van der Waals surface area contributed by atoms with Gasteiger partial charge in [-0.2, -0.15) is 0 Å². The smallest absolute Gasteiger partial charge is 0.335 e. The van der Waals surface area contributed by atoms with E-state index in [0.29, 0.717) is 23.0 Å². The molecular weight excluding hydrogens is 332 g/mol. The van der Waals surface area contributed by atoms with Gasteiger partial charge in [-0.25, -0.2) is 9.69 Å². The number of benzene rings is 1. The summed E-state index contributed by atoms with van der Waals surface area (Å²) in [6.07, 6.45) is 0. The molecule has 1 aromatic carbocycles. The number of imide groups is 2. The molecule has 24 heavy (non-hydrogen) atoms. The fourth-order valence-electron chi connectivity index (χ4n) is 2.33. The summed E-state index contributed by atoms with van der Waals surface area (Å²) >= 11 is 5.83. The number of barbiturate groups is 1. The van der Waals surface area contributed by atoms with E-state index in [1.807, 2.05) is 14.1 Å². The molecule has 0 saturated carbocycles. The Morgan fingerprint density at radius 2 is 1.88 bits per heavy atom. The maximum Gasteiger partial charge on any atom is 0.335 e. The van der Waals surface area contributed by atoms with Crippen molar-refractivity contribution in [2.75, 3.05) is 32.1 Å². The van der Waals surface area contributed by atoms with Crippen molar-refractivity contribution in [1.82, 2.24) is 5.32 Å². The highest BCUT2D eigenvalue weighted by Gasteiger charge is 2.42. The highest BCUT2D eigenvalue weighted by Crippen LogP contribution is 2.23. The first kappa shape index (κ1) is 18.1. The maximum absolute atomic E-state index is 12.7. The van der Waals surface area contributed by atoms with Crippen LogP contribution in [0.5, 0.6) is 0 Å². The molecule has 0 bridgehead atoms. The SMILES string of the molecule is CC(=NCC[NH+](C)C)C1C(=O)NC(=O)N(c2ccc(Cl)cc2)C1=O. The van der Waals surface area contributed by atoms with Gasteiger partial charge in [0, 0.05) is 10.7 Å². The van der Waals surface area contributed by atoms with E-state index in [1.165, 1.54) is 4.90 Å².